The molecule has 0 saturated heterocycles. The molecule has 0 fully saturated rings. The minimum Gasteiger partial charge on any atom is -0.477 e. The number of fused-ring (bicyclic) bond motifs is 1. The molecular weight excluding hydrogens is 370 g/mol. The molecule has 2 aromatic rings. The molecule has 1 aliphatic rings. The molecule has 0 amide bonds. The number of carboxylic acid groups (broad SMARTS) is 1. The summed E-state index contributed by atoms with van der Waals surface area (Å²) in [5, 5.41) is 20.4. The quantitative estimate of drug-likeness (QED) is 0.437. The fraction of sp³-hybridized carbons (Fsp3) is 0.391. The number of nitro groups is 1. The van der Waals surface area contributed by atoms with Gasteiger partial charge in [0, 0.05) is 17.2 Å². The number of carboxylic acids is 1. The topological polar surface area (TPSA) is 97.5 Å². The van der Waals surface area contributed by atoms with E-state index in [0.717, 1.165) is 36.1 Å². The zero-order valence-electron chi connectivity index (χ0n) is 17.3. The molecule has 0 unspecified atom stereocenters. The smallest absolute Gasteiger partial charge is 0.342 e. The molecule has 152 valence electrons. The minimum absolute atomic E-state index is 0.0130. The molecule has 0 radical (unpaired) electrons. The van der Waals surface area contributed by atoms with E-state index in [-0.39, 0.29) is 22.2 Å². The summed E-state index contributed by atoms with van der Waals surface area (Å²) in [5.74, 6) is -1.74. The first-order chi connectivity index (χ1) is 13.3. The molecule has 0 spiro atoms. The lowest BCUT2D eigenvalue weighted by atomic mass is 9.62. The van der Waals surface area contributed by atoms with Gasteiger partial charge in [-0.05, 0) is 65.5 Å². The third-order valence-electron chi connectivity index (χ3n) is 6.13. The Morgan fingerprint density at radius 3 is 2.03 bits per heavy atom. The first-order valence-corrected chi connectivity index (χ1v) is 9.57. The van der Waals surface area contributed by atoms with Crippen LogP contribution in [0.15, 0.2) is 30.3 Å². The van der Waals surface area contributed by atoms with Crippen molar-refractivity contribution < 1.29 is 19.6 Å². The van der Waals surface area contributed by atoms with Gasteiger partial charge in [0.05, 0.1) is 4.92 Å². The zero-order chi connectivity index (χ0) is 21.7. The summed E-state index contributed by atoms with van der Waals surface area (Å²) in [6.45, 7) is 10.6. The highest BCUT2D eigenvalue weighted by Crippen LogP contribution is 2.46. The van der Waals surface area contributed by atoms with Crippen molar-refractivity contribution in [1.29, 1.82) is 0 Å². The van der Waals surface area contributed by atoms with E-state index in [4.69, 9.17) is 5.11 Å². The summed E-state index contributed by atoms with van der Waals surface area (Å²) >= 11 is 0. The van der Waals surface area contributed by atoms with Gasteiger partial charge in [0.25, 0.3) is 5.69 Å². The van der Waals surface area contributed by atoms with Gasteiger partial charge in [-0.15, -0.1) is 0 Å². The number of nitro benzene ring substituents is 1. The van der Waals surface area contributed by atoms with Crippen LogP contribution in [0.5, 0.6) is 0 Å². The van der Waals surface area contributed by atoms with Crippen molar-refractivity contribution in [2.24, 2.45) is 0 Å². The summed E-state index contributed by atoms with van der Waals surface area (Å²) in [6.07, 6.45) is 2.06. The molecule has 0 aliphatic heterocycles. The molecule has 29 heavy (non-hydrogen) atoms. The van der Waals surface area contributed by atoms with E-state index in [2.05, 4.69) is 33.8 Å². The lowest BCUT2D eigenvalue weighted by molar-refractivity contribution is -0.385. The van der Waals surface area contributed by atoms with E-state index in [9.17, 15) is 19.7 Å². The molecule has 0 saturated carbocycles. The van der Waals surface area contributed by atoms with E-state index in [1.807, 2.05) is 13.0 Å². The number of carbonyl (C=O) groups is 2. The second-order valence-corrected chi connectivity index (χ2v) is 9.10. The Morgan fingerprint density at radius 2 is 1.52 bits per heavy atom. The predicted molar refractivity (Wildman–Crippen MR) is 110 cm³/mol. The average molecular weight is 395 g/mol. The van der Waals surface area contributed by atoms with Crippen LogP contribution in [0.3, 0.4) is 0 Å². The number of benzene rings is 2. The first kappa shape index (κ1) is 20.7. The van der Waals surface area contributed by atoms with Crippen molar-refractivity contribution in [2.45, 2.75) is 58.3 Å². The molecular formula is C23H25NO5. The summed E-state index contributed by atoms with van der Waals surface area (Å²) in [5.41, 5.74) is 2.69. The van der Waals surface area contributed by atoms with Gasteiger partial charge in [0.15, 0.2) is 5.78 Å². The second kappa shape index (κ2) is 6.79. The zero-order valence-corrected chi connectivity index (χ0v) is 17.3. The number of ketones is 1. The molecule has 2 aromatic carbocycles. The van der Waals surface area contributed by atoms with Gasteiger partial charge in [0.2, 0.25) is 0 Å². The number of hydrogen-bond acceptors (Lipinski definition) is 4. The lowest BCUT2D eigenvalue weighted by Crippen LogP contribution is -2.34. The Bertz CT molecular complexity index is 1050. The molecule has 6 nitrogen and oxygen atoms in total. The van der Waals surface area contributed by atoms with Crippen LogP contribution in [-0.4, -0.2) is 21.8 Å². The van der Waals surface area contributed by atoms with E-state index in [0.29, 0.717) is 5.56 Å². The van der Waals surface area contributed by atoms with Gasteiger partial charge in [-0.3, -0.25) is 14.9 Å². The molecule has 1 N–H and O–H groups in total. The van der Waals surface area contributed by atoms with Crippen molar-refractivity contribution >= 4 is 17.4 Å². The molecule has 6 heteroatoms. The van der Waals surface area contributed by atoms with Gasteiger partial charge < -0.3 is 5.11 Å². The third-order valence-corrected chi connectivity index (χ3v) is 6.13. The molecule has 0 bridgehead atoms. The molecule has 0 heterocycles. The Hall–Kier alpha value is -3.02. The van der Waals surface area contributed by atoms with Crippen molar-refractivity contribution in [3.05, 3.63) is 73.8 Å². The van der Waals surface area contributed by atoms with E-state index in [1.165, 1.54) is 11.6 Å². The standard InChI is InChI=1S/C23H25NO5/c1-13-10-17-18(23(4,5)9-8-22(17,2)3)12-16(13)20(25)14-6-7-15(21(26)27)19(11-14)24(28)29/h6-7,10-12H,8-9H2,1-5H3,(H,26,27). The predicted octanol–water partition coefficient (Wildman–Crippen LogP) is 5.18. The maximum absolute atomic E-state index is 13.2. The Kier molecular flexibility index (Phi) is 4.85. The highest BCUT2D eigenvalue weighted by molar-refractivity contribution is 6.11. The van der Waals surface area contributed by atoms with Crippen LogP contribution in [0, 0.1) is 17.0 Å². The fourth-order valence-electron chi connectivity index (χ4n) is 4.13. The van der Waals surface area contributed by atoms with Gasteiger partial charge in [-0.2, -0.15) is 0 Å². The minimum atomic E-state index is -1.40. The Labute approximate surface area is 169 Å². The van der Waals surface area contributed by atoms with E-state index >= 15 is 0 Å². The number of carbonyl (C=O) groups excluding carboxylic acids is 1. The number of nitrogens with zero attached hydrogens (tertiary/aromatic N) is 1. The van der Waals surface area contributed by atoms with Crippen molar-refractivity contribution in [3.8, 4) is 0 Å². The van der Waals surface area contributed by atoms with Gasteiger partial charge in [0.1, 0.15) is 5.56 Å². The normalized spacial score (nSPS) is 16.7. The number of aryl methyl sites for hydroxylation is 1. The maximum Gasteiger partial charge on any atom is 0.342 e. The van der Waals surface area contributed by atoms with Crippen molar-refractivity contribution in [3.63, 3.8) is 0 Å². The van der Waals surface area contributed by atoms with Crippen LogP contribution in [0.4, 0.5) is 5.69 Å². The van der Waals surface area contributed by atoms with Crippen molar-refractivity contribution in [1.82, 2.24) is 0 Å². The van der Waals surface area contributed by atoms with E-state index in [1.54, 1.807) is 0 Å². The summed E-state index contributed by atoms with van der Waals surface area (Å²) in [4.78, 5) is 35.0. The summed E-state index contributed by atoms with van der Waals surface area (Å²) < 4.78 is 0. The maximum atomic E-state index is 13.2. The average Bonchev–Trinajstić information content (AvgIpc) is 2.64. The van der Waals surface area contributed by atoms with Crippen LogP contribution in [0.1, 0.15) is 83.5 Å². The van der Waals surface area contributed by atoms with Crippen molar-refractivity contribution in [2.75, 3.05) is 0 Å². The van der Waals surface area contributed by atoms with Crippen LogP contribution in [0.25, 0.3) is 0 Å². The molecule has 1 aliphatic carbocycles. The Morgan fingerprint density at radius 1 is 0.966 bits per heavy atom. The van der Waals surface area contributed by atoms with Gasteiger partial charge in [-0.25, -0.2) is 4.79 Å². The fourth-order valence-corrected chi connectivity index (χ4v) is 4.13. The lowest BCUT2D eigenvalue weighted by Gasteiger charge is -2.42. The number of rotatable bonds is 4. The first-order valence-electron chi connectivity index (χ1n) is 9.57. The second-order valence-electron chi connectivity index (χ2n) is 9.10. The molecule has 3 rings (SSSR count). The largest absolute Gasteiger partial charge is 0.477 e. The van der Waals surface area contributed by atoms with Gasteiger partial charge >= 0.3 is 5.97 Å². The summed E-state index contributed by atoms with van der Waals surface area (Å²) in [6, 6.07) is 7.50. The van der Waals surface area contributed by atoms with E-state index < -0.39 is 22.1 Å². The number of aromatic carboxylic acids is 1. The SMILES string of the molecule is Cc1cc2c(cc1C(=O)c1ccc(C(=O)O)c([N+](=O)[O-])c1)C(C)(C)CCC2(C)C. The van der Waals surface area contributed by atoms with Crippen LogP contribution >= 0.6 is 0 Å². The summed E-state index contributed by atoms with van der Waals surface area (Å²) in [7, 11) is 0. The van der Waals surface area contributed by atoms with Crippen LogP contribution < -0.4 is 0 Å². The molecule has 0 aromatic heterocycles. The highest BCUT2D eigenvalue weighted by atomic mass is 16.6. The highest BCUT2D eigenvalue weighted by Gasteiger charge is 2.38. The molecule has 0 atom stereocenters. The monoisotopic (exact) mass is 395 g/mol. The Balaban J connectivity index is 2.15. The van der Waals surface area contributed by atoms with Crippen LogP contribution in [0.2, 0.25) is 0 Å². The number of hydrogen-bond donors (Lipinski definition) is 1. The third kappa shape index (κ3) is 3.55. The van der Waals surface area contributed by atoms with Crippen LogP contribution in [-0.2, 0) is 10.8 Å². The van der Waals surface area contributed by atoms with Gasteiger partial charge in [-0.1, -0.05) is 33.8 Å².